The number of nitrogens with one attached hydrogen (secondary N) is 1. The highest BCUT2D eigenvalue weighted by atomic mass is 16.6. The molecule has 1 rings (SSSR count). The minimum Gasteiger partial charge on any atom is -0.444 e. The van der Waals surface area contributed by atoms with Gasteiger partial charge in [0.15, 0.2) is 0 Å². The van der Waals surface area contributed by atoms with Crippen molar-refractivity contribution in [3.05, 3.63) is 54.3 Å². The van der Waals surface area contributed by atoms with Crippen LogP contribution in [0, 0.1) is 0 Å². The summed E-state index contributed by atoms with van der Waals surface area (Å²) in [5.41, 5.74) is 2.96. The van der Waals surface area contributed by atoms with Crippen LogP contribution in [0.15, 0.2) is 48.7 Å². The first-order valence-corrected chi connectivity index (χ1v) is 6.89. The number of aliphatic hydroxyl groups is 1. The average molecular weight is 289 g/mol. The lowest BCUT2D eigenvalue weighted by Gasteiger charge is -2.25. The van der Waals surface area contributed by atoms with Crippen LogP contribution < -0.4 is 5.32 Å². The van der Waals surface area contributed by atoms with E-state index in [1.807, 2.05) is 30.3 Å². The third kappa shape index (κ3) is 6.80. The number of amides is 1. The molecule has 0 radical (unpaired) electrons. The van der Waals surface area contributed by atoms with Crippen LogP contribution >= 0.6 is 0 Å². The zero-order valence-electron chi connectivity index (χ0n) is 12.8. The lowest BCUT2D eigenvalue weighted by atomic mass is 10.0. The molecule has 1 aromatic rings. The number of carbonyl (C=O) groups excluding carboxylic acids is 1. The van der Waals surface area contributed by atoms with Gasteiger partial charge in [0.1, 0.15) is 11.7 Å². The summed E-state index contributed by atoms with van der Waals surface area (Å²) in [6.45, 7) is 8.82. The third-order valence-corrected chi connectivity index (χ3v) is 2.70. The van der Waals surface area contributed by atoms with Gasteiger partial charge in [-0.1, -0.05) is 36.9 Å². The monoisotopic (exact) mass is 289 g/mol. The fourth-order valence-electron chi connectivity index (χ4n) is 1.82. The predicted molar refractivity (Wildman–Crippen MR) is 83.0 cm³/mol. The van der Waals surface area contributed by atoms with E-state index < -0.39 is 23.8 Å². The molecule has 0 fully saturated rings. The highest BCUT2D eigenvalue weighted by molar-refractivity contribution is 5.68. The minimum atomic E-state index is -0.879. The number of rotatable bonds is 5. The molecule has 0 bridgehead atoms. The summed E-state index contributed by atoms with van der Waals surface area (Å²) >= 11 is 0. The van der Waals surface area contributed by atoms with Crippen molar-refractivity contribution in [1.29, 1.82) is 0 Å². The largest absolute Gasteiger partial charge is 0.444 e. The van der Waals surface area contributed by atoms with Gasteiger partial charge < -0.3 is 15.2 Å². The molecule has 0 aliphatic rings. The van der Waals surface area contributed by atoms with Gasteiger partial charge in [0.25, 0.3) is 0 Å². The summed E-state index contributed by atoms with van der Waals surface area (Å²) in [7, 11) is 0. The summed E-state index contributed by atoms with van der Waals surface area (Å²) in [5.74, 6) is 0. The molecule has 0 aromatic heterocycles. The molecular formula is C17H23NO3. The van der Waals surface area contributed by atoms with Gasteiger partial charge in [0, 0.05) is 0 Å². The van der Waals surface area contributed by atoms with Crippen LogP contribution in [-0.2, 0) is 11.2 Å². The molecule has 0 saturated heterocycles. The van der Waals surface area contributed by atoms with Gasteiger partial charge in [0.05, 0.1) is 6.04 Å². The van der Waals surface area contributed by atoms with Crippen molar-refractivity contribution in [3.8, 4) is 0 Å². The molecule has 0 unspecified atom stereocenters. The Morgan fingerprint density at radius 3 is 2.57 bits per heavy atom. The van der Waals surface area contributed by atoms with Gasteiger partial charge in [-0.2, -0.15) is 0 Å². The van der Waals surface area contributed by atoms with Crippen LogP contribution in [-0.4, -0.2) is 28.9 Å². The van der Waals surface area contributed by atoms with E-state index in [4.69, 9.17) is 4.74 Å². The second-order valence-electron chi connectivity index (χ2n) is 5.80. The van der Waals surface area contributed by atoms with E-state index >= 15 is 0 Å². The summed E-state index contributed by atoms with van der Waals surface area (Å²) in [6, 6.07) is 9.12. The number of alkyl carbamates (subject to hydrolysis) is 1. The molecule has 0 heterocycles. The topological polar surface area (TPSA) is 58.6 Å². The Balaban J connectivity index is 2.78. The second-order valence-corrected chi connectivity index (χ2v) is 5.80. The summed E-state index contributed by atoms with van der Waals surface area (Å²) in [5, 5.41) is 12.8. The number of hydrogen-bond donors (Lipinski definition) is 2. The van der Waals surface area contributed by atoms with E-state index in [9.17, 15) is 9.90 Å². The van der Waals surface area contributed by atoms with Gasteiger partial charge >= 0.3 is 6.09 Å². The smallest absolute Gasteiger partial charge is 0.407 e. The zero-order valence-corrected chi connectivity index (χ0v) is 12.8. The normalized spacial score (nSPS) is 13.7. The summed E-state index contributed by atoms with van der Waals surface area (Å²) in [6.07, 6.45) is 0.472. The van der Waals surface area contributed by atoms with Gasteiger partial charge in [0.2, 0.25) is 0 Å². The predicted octanol–water partition coefficient (Wildman–Crippen LogP) is 2.82. The molecular weight excluding hydrogens is 266 g/mol. The second kappa shape index (κ2) is 7.67. The molecule has 0 saturated carbocycles. The van der Waals surface area contributed by atoms with Crippen molar-refractivity contribution in [2.45, 2.75) is 44.9 Å². The van der Waals surface area contributed by atoms with Gasteiger partial charge in [-0.25, -0.2) is 4.79 Å². The molecule has 1 aromatic carbocycles. The van der Waals surface area contributed by atoms with Crippen LogP contribution in [0.5, 0.6) is 0 Å². The molecule has 2 N–H and O–H groups in total. The van der Waals surface area contributed by atoms with Crippen LogP contribution in [0.3, 0.4) is 0 Å². The standard InChI is InChI=1S/C17H23NO3/c1-5-9-15(19)14(12-13-10-7-6-8-11-13)18-16(20)21-17(2,3)4/h6-11,14-15,19H,1,12H2,2-4H3,(H,18,20)/t14-,15-/m0/s1. The molecule has 4 nitrogen and oxygen atoms in total. The Morgan fingerprint density at radius 1 is 1.43 bits per heavy atom. The maximum atomic E-state index is 11.9. The average Bonchev–Trinajstić information content (AvgIpc) is 2.37. The lowest BCUT2D eigenvalue weighted by Crippen LogP contribution is -2.46. The van der Waals surface area contributed by atoms with E-state index in [1.54, 1.807) is 20.8 Å². The first-order valence-electron chi connectivity index (χ1n) is 6.89. The number of ether oxygens (including phenoxy) is 1. The first-order chi connectivity index (χ1) is 9.81. The van der Waals surface area contributed by atoms with Gasteiger partial charge in [-0.15, -0.1) is 5.73 Å². The van der Waals surface area contributed by atoms with E-state index in [-0.39, 0.29) is 0 Å². The Kier molecular flexibility index (Phi) is 6.22. The number of carbonyl (C=O) groups is 1. The van der Waals surface area contributed by atoms with E-state index in [1.165, 1.54) is 6.08 Å². The Bertz CT molecular complexity index is 499. The maximum Gasteiger partial charge on any atom is 0.407 e. The fourth-order valence-corrected chi connectivity index (χ4v) is 1.82. The van der Waals surface area contributed by atoms with Crippen molar-refractivity contribution < 1.29 is 14.6 Å². The molecule has 0 spiro atoms. The molecule has 4 heteroatoms. The van der Waals surface area contributed by atoms with Crippen molar-refractivity contribution >= 4 is 6.09 Å². The third-order valence-electron chi connectivity index (χ3n) is 2.70. The highest BCUT2D eigenvalue weighted by Crippen LogP contribution is 2.10. The molecule has 21 heavy (non-hydrogen) atoms. The summed E-state index contributed by atoms with van der Waals surface area (Å²) < 4.78 is 5.22. The Morgan fingerprint density at radius 2 is 2.05 bits per heavy atom. The molecule has 1 amide bonds. The molecule has 2 atom stereocenters. The summed E-state index contributed by atoms with van der Waals surface area (Å²) in [4.78, 5) is 11.9. The SMILES string of the molecule is C=C=C[C@H](O)[C@H](Cc1ccccc1)NC(=O)OC(C)(C)C. The van der Waals surface area contributed by atoms with Crippen molar-refractivity contribution in [2.24, 2.45) is 0 Å². The number of hydrogen-bond acceptors (Lipinski definition) is 3. The minimum absolute atomic E-state index is 0.486. The Labute approximate surface area is 126 Å². The highest BCUT2D eigenvalue weighted by Gasteiger charge is 2.23. The van der Waals surface area contributed by atoms with E-state index in [2.05, 4.69) is 17.6 Å². The molecule has 0 aliphatic heterocycles. The van der Waals surface area contributed by atoms with Gasteiger partial charge in [-0.3, -0.25) is 0 Å². The lowest BCUT2D eigenvalue weighted by molar-refractivity contribution is 0.0455. The molecule has 114 valence electrons. The molecule has 0 aliphatic carbocycles. The van der Waals surface area contributed by atoms with Crippen LogP contribution in [0.1, 0.15) is 26.3 Å². The zero-order chi connectivity index (χ0) is 15.9. The Hall–Kier alpha value is -2.03. The van der Waals surface area contributed by atoms with Crippen LogP contribution in [0.4, 0.5) is 4.79 Å². The quantitative estimate of drug-likeness (QED) is 0.819. The number of aliphatic hydroxyl groups excluding tert-OH is 1. The first kappa shape index (κ1) is 17.0. The van der Waals surface area contributed by atoms with Crippen LogP contribution in [0.2, 0.25) is 0 Å². The van der Waals surface area contributed by atoms with E-state index in [0.717, 1.165) is 5.56 Å². The van der Waals surface area contributed by atoms with Crippen molar-refractivity contribution in [2.75, 3.05) is 0 Å². The van der Waals surface area contributed by atoms with Crippen molar-refractivity contribution in [3.63, 3.8) is 0 Å². The van der Waals surface area contributed by atoms with Crippen molar-refractivity contribution in [1.82, 2.24) is 5.32 Å². The van der Waals surface area contributed by atoms with E-state index in [0.29, 0.717) is 6.42 Å². The number of benzene rings is 1. The van der Waals surface area contributed by atoms with Gasteiger partial charge in [-0.05, 0) is 38.8 Å². The maximum absolute atomic E-state index is 11.9. The van der Waals surface area contributed by atoms with Crippen LogP contribution in [0.25, 0.3) is 0 Å². The fraction of sp³-hybridized carbons (Fsp3) is 0.412.